The first-order chi connectivity index (χ1) is 11.2. The Hall–Kier alpha value is -3.35. The Labute approximate surface area is 128 Å². The monoisotopic (exact) mass is 307 g/mol. The normalized spacial score (nSPS) is 11.7. The fourth-order valence-electron chi connectivity index (χ4n) is 2.38. The van der Waals surface area contributed by atoms with Crippen LogP contribution >= 0.6 is 0 Å². The predicted molar refractivity (Wildman–Crippen MR) is 85.0 cm³/mol. The molecule has 4 aromatic rings. The van der Waals surface area contributed by atoms with Gasteiger partial charge in [-0.05, 0) is 24.3 Å². The van der Waals surface area contributed by atoms with Crippen molar-refractivity contribution in [2.45, 2.75) is 0 Å². The lowest BCUT2D eigenvalue weighted by Gasteiger charge is -1.97. The van der Waals surface area contributed by atoms with Crippen molar-refractivity contribution < 1.29 is 4.39 Å². The fraction of sp³-hybridized carbons (Fsp3) is 0. The van der Waals surface area contributed by atoms with Crippen molar-refractivity contribution in [3.05, 3.63) is 70.8 Å². The van der Waals surface area contributed by atoms with Gasteiger partial charge in [0, 0.05) is 28.9 Å². The minimum absolute atomic E-state index is 0.288. The van der Waals surface area contributed by atoms with Crippen LogP contribution in [0.15, 0.2) is 58.9 Å². The van der Waals surface area contributed by atoms with Gasteiger partial charge in [0.05, 0.1) is 6.21 Å². The predicted octanol–water partition coefficient (Wildman–Crippen LogP) is 2.29. The maximum Gasteiger partial charge on any atom is 0.298 e. The number of nitrogens with one attached hydrogen (secondary N) is 1. The van der Waals surface area contributed by atoms with E-state index >= 15 is 0 Å². The van der Waals surface area contributed by atoms with Gasteiger partial charge in [-0.15, -0.1) is 0 Å². The second-order valence-corrected chi connectivity index (χ2v) is 4.96. The molecule has 0 unspecified atom stereocenters. The van der Waals surface area contributed by atoms with Gasteiger partial charge in [0.1, 0.15) is 23.2 Å². The molecule has 0 radical (unpaired) electrons. The Morgan fingerprint density at radius 1 is 1.30 bits per heavy atom. The second kappa shape index (κ2) is 5.13. The summed E-state index contributed by atoms with van der Waals surface area (Å²) in [4.78, 5) is 23.6. The lowest BCUT2D eigenvalue weighted by atomic mass is 10.2. The number of H-pyrrole nitrogens is 1. The molecule has 7 heteroatoms. The van der Waals surface area contributed by atoms with Crippen LogP contribution in [-0.4, -0.2) is 25.8 Å². The lowest BCUT2D eigenvalue weighted by molar-refractivity contribution is 0.630. The van der Waals surface area contributed by atoms with Crippen LogP contribution in [0.3, 0.4) is 0 Å². The van der Waals surface area contributed by atoms with Gasteiger partial charge in [0.15, 0.2) is 0 Å². The van der Waals surface area contributed by atoms with Crippen LogP contribution in [-0.2, 0) is 0 Å². The van der Waals surface area contributed by atoms with Crippen molar-refractivity contribution in [1.82, 2.24) is 19.6 Å². The zero-order valence-electron chi connectivity index (χ0n) is 11.8. The lowest BCUT2D eigenvalue weighted by Crippen LogP contribution is -2.17. The topological polar surface area (TPSA) is 75.9 Å². The third kappa shape index (κ3) is 2.28. The van der Waals surface area contributed by atoms with Crippen LogP contribution in [0.5, 0.6) is 0 Å². The molecule has 0 saturated carbocycles. The molecule has 0 aliphatic heterocycles. The molecule has 0 fully saturated rings. The number of halogens is 1. The molecular formula is C16H10FN5O. The summed E-state index contributed by atoms with van der Waals surface area (Å²) >= 11 is 0. The van der Waals surface area contributed by atoms with Crippen LogP contribution in [0.1, 0.15) is 5.56 Å². The van der Waals surface area contributed by atoms with Gasteiger partial charge in [-0.25, -0.2) is 9.37 Å². The van der Waals surface area contributed by atoms with Gasteiger partial charge in [0.25, 0.3) is 5.56 Å². The van der Waals surface area contributed by atoms with Crippen molar-refractivity contribution in [3.63, 3.8) is 0 Å². The van der Waals surface area contributed by atoms with E-state index in [0.29, 0.717) is 16.4 Å². The fourth-order valence-corrected chi connectivity index (χ4v) is 2.38. The molecule has 0 aliphatic carbocycles. The maximum atomic E-state index is 13.4. The molecule has 112 valence electrons. The number of aromatic nitrogens is 4. The Morgan fingerprint density at radius 2 is 2.22 bits per heavy atom. The van der Waals surface area contributed by atoms with E-state index in [9.17, 15) is 9.18 Å². The number of nitrogens with zero attached hydrogens (tertiary/aromatic N) is 4. The van der Waals surface area contributed by atoms with Crippen molar-refractivity contribution in [2.24, 2.45) is 5.10 Å². The SMILES string of the molecule is O=c1c2[nH]c3ccc(F)cc3c2ncn1/N=C\c1cccnc1. The Bertz CT molecular complexity index is 1100. The molecule has 6 nitrogen and oxygen atoms in total. The summed E-state index contributed by atoms with van der Waals surface area (Å²) in [6.07, 6.45) is 6.12. The summed E-state index contributed by atoms with van der Waals surface area (Å²) < 4.78 is 14.5. The Morgan fingerprint density at radius 3 is 3.04 bits per heavy atom. The van der Waals surface area contributed by atoms with Gasteiger partial charge in [0.2, 0.25) is 0 Å². The molecule has 3 heterocycles. The number of hydrogen-bond donors (Lipinski definition) is 1. The highest BCUT2D eigenvalue weighted by Gasteiger charge is 2.11. The first kappa shape index (κ1) is 13.3. The summed E-state index contributed by atoms with van der Waals surface area (Å²) in [5, 5.41) is 4.67. The highest BCUT2D eigenvalue weighted by Crippen LogP contribution is 2.21. The van der Waals surface area contributed by atoms with Crippen molar-refractivity contribution >= 4 is 28.2 Å². The first-order valence-corrected chi connectivity index (χ1v) is 6.85. The van der Waals surface area contributed by atoms with E-state index in [1.807, 2.05) is 6.07 Å². The maximum absolute atomic E-state index is 13.4. The summed E-state index contributed by atoms with van der Waals surface area (Å²) in [5.74, 6) is -0.376. The number of benzene rings is 1. The summed E-state index contributed by atoms with van der Waals surface area (Å²) in [6, 6.07) is 7.85. The molecule has 0 spiro atoms. The van der Waals surface area contributed by atoms with E-state index < -0.39 is 0 Å². The number of rotatable bonds is 2. The van der Waals surface area contributed by atoms with E-state index in [1.165, 1.54) is 24.7 Å². The molecule has 1 N–H and O–H groups in total. The number of pyridine rings is 1. The molecule has 3 aromatic heterocycles. The van der Waals surface area contributed by atoms with Gasteiger partial charge in [-0.1, -0.05) is 6.07 Å². The molecule has 0 saturated heterocycles. The zero-order chi connectivity index (χ0) is 15.8. The van der Waals surface area contributed by atoms with Gasteiger partial charge in [-0.2, -0.15) is 9.78 Å². The van der Waals surface area contributed by atoms with E-state index in [2.05, 4.69) is 20.1 Å². The largest absolute Gasteiger partial charge is 0.349 e. The second-order valence-electron chi connectivity index (χ2n) is 4.96. The number of hydrogen-bond acceptors (Lipinski definition) is 4. The third-order valence-corrected chi connectivity index (χ3v) is 3.47. The first-order valence-electron chi connectivity index (χ1n) is 6.85. The van der Waals surface area contributed by atoms with Crippen LogP contribution in [0.4, 0.5) is 4.39 Å². The van der Waals surface area contributed by atoms with Crippen molar-refractivity contribution in [3.8, 4) is 0 Å². The highest BCUT2D eigenvalue weighted by atomic mass is 19.1. The molecule has 4 rings (SSSR count). The van der Waals surface area contributed by atoms with Crippen LogP contribution in [0.25, 0.3) is 21.9 Å². The quantitative estimate of drug-likeness (QED) is 0.577. The summed E-state index contributed by atoms with van der Waals surface area (Å²) in [5.41, 5.74) is 1.78. The number of fused-ring (bicyclic) bond motifs is 3. The standard InChI is InChI=1S/C16H10FN5O/c17-11-3-4-13-12(6-11)14-15(21-13)16(23)22(9-19-14)20-8-10-2-1-5-18-7-10/h1-9,21H/b20-8-. The van der Waals surface area contributed by atoms with Crippen LogP contribution in [0.2, 0.25) is 0 Å². The average Bonchev–Trinajstić information content (AvgIpc) is 2.94. The van der Waals surface area contributed by atoms with E-state index in [0.717, 1.165) is 10.2 Å². The molecule has 1 aromatic carbocycles. The van der Waals surface area contributed by atoms with E-state index in [1.54, 1.807) is 24.5 Å². The molecule has 23 heavy (non-hydrogen) atoms. The number of aromatic amines is 1. The summed E-state index contributed by atoms with van der Waals surface area (Å²) in [6.45, 7) is 0. The van der Waals surface area contributed by atoms with Gasteiger partial charge >= 0.3 is 0 Å². The average molecular weight is 307 g/mol. The molecular weight excluding hydrogens is 297 g/mol. The van der Waals surface area contributed by atoms with Crippen LogP contribution < -0.4 is 5.56 Å². The van der Waals surface area contributed by atoms with E-state index in [4.69, 9.17) is 0 Å². The molecule has 0 atom stereocenters. The highest BCUT2D eigenvalue weighted by molar-refractivity contribution is 6.04. The van der Waals surface area contributed by atoms with Gasteiger partial charge < -0.3 is 4.98 Å². The summed E-state index contributed by atoms with van der Waals surface area (Å²) in [7, 11) is 0. The Kier molecular flexibility index (Phi) is 2.97. The van der Waals surface area contributed by atoms with E-state index in [-0.39, 0.29) is 16.9 Å². The van der Waals surface area contributed by atoms with Crippen LogP contribution in [0, 0.1) is 5.82 Å². The smallest absolute Gasteiger partial charge is 0.298 e. The van der Waals surface area contributed by atoms with Gasteiger partial charge in [-0.3, -0.25) is 9.78 Å². The zero-order valence-corrected chi connectivity index (χ0v) is 11.8. The minimum atomic E-state index is -0.376. The molecule has 0 aliphatic rings. The van der Waals surface area contributed by atoms with Crippen molar-refractivity contribution in [2.75, 3.05) is 0 Å². The molecule has 0 bridgehead atoms. The Balaban J connectivity index is 1.87. The van der Waals surface area contributed by atoms with Crippen molar-refractivity contribution in [1.29, 1.82) is 0 Å². The molecule has 0 amide bonds. The minimum Gasteiger partial charge on any atom is -0.349 e. The third-order valence-electron chi connectivity index (χ3n) is 3.47.